The lowest BCUT2D eigenvalue weighted by molar-refractivity contribution is 0.346. The molecule has 0 saturated heterocycles. The van der Waals surface area contributed by atoms with E-state index in [4.69, 9.17) is 0 Å². The van der Waals surface area contributed by atoms with Gasteiger partial charge in [-0.2, -0.15) is 0 Å². The molecule has 1 saturated carbocycles. The zero-order valence-electron chi connectivity index (χ0n) is 9.35. The fourth-order valence-corrected chi connectivity index (χ4v) is 2.92. The highest BCUT2D eigenvalue weighted by molar-refractivity contribution is 5.69. The van der Waals surface area contributed by atoms with E-state index >= 15 is 0 Å². The van der Waals surface area contributed by atoms with Gasteiger partial charge in [-0.1, -0.05) is 12.8 Å². The van der Waals surface area contributed by atoms with E-state index in [-0.39, 0.29) is 5.82 Å². The number of anilines is 2. The van der Waals surface area contributed by atoms with E-state index in [0.29, 0.717) is 5.41 Å². The molecule has 0 unspecified atom stereocenters. The van der Waals surface area contributed by atoms with Crippen LogP contribution in [0.2, 0.25) is 0 Å². The summed E-state index contributed by atoms with van der Waals surface area (Å²) in [5.41, 5.74) is 2.32. The van der Waals surface area contributed by atoms with Crippen LogP contribution in [0.25, 0.3) is 0 Å². The van der Waals surface area contributed by atoms with Crippen LogP contribution in [0.3, 0.4) is 0 Å². The van der Waals surface area contributed by atoms with E-state index in [1.54, 1.807) is 6.07 Å². The van der Waals surface area contributed by atoms with E-state index < -0.39 is 0 Å². The second-order valence-electron chi connectivity index (χ2n) is 5.10. The third-order valence-electron chi connectivity index (χ3n) is 3.95. The molecule has 1 fully saturated rings. The molecule has 0 amide bonds. The summed E-state index contributed by atoms with van der Waals surface area (Å²) in [6.45, 7) is 1.98. The van der Waals surface area contributed by atoms with E-state index in [1.165, 1.54) is 31.7 Å². The Morgan fingerprint density at radius 3 is 2.44 bits per heavy atom. The van der Waals surface area contributed by atoms with Crippen molar-refractivity contribution in [3.8, 4) is 0 Å². The Morgan fingerprint density at radius 2 is 1.69 bits per heavy atom. The maximum Gasteiger partial charge on any atom is 0.125 e. The summed E-state index contributed by atoms with van der Waals surface area (Å²) in [6.07, 6.45) is 5.22. The predicted molar refractivity (Wildman–Crippen MR) is 64.3 cm³/mol. The van der Waals surface area contributed by atoms with E-state index in [0.717, 1.165) is 24.5 Å². The Balaban J connectivity index is 1.86. The van der Waals surface area contributed by atoms with Gasteiger partial charge in [0.25, 0.3) is 0 Å². The van der Waals surface area contributed by atoms with Crippen LogP contribution in [0.5, 0.6) is 0 Å². The van der Waals surface area contributed by atoms with Gasteiger partial charge in [0.05, 0.1) is 11.4 Å². The fourth-order valence-electron chi connectivity index (χ4n) is 2.92. The number of hydrogen-bond acceptors (Lipinski definition) is 2. The summed E-state index contributed by atoms with van der Waals surface area (Å²) in [6, 6.07) is 4.92. The van der Waals surface area contributed by atoms with Crippen LogP contribution in [-0.4, -0.2) is 13.1 Å². The maximum atomic E-state index is 13.1. The first-order chi connectivity index (χ1) is 7.77. The second kappa shape index (κ2) is 3.65. The average Bonchev–Trinajstić information content (AvgIpc) is 2.66. The highest BCUT2D eigenvalue weighted by atomic mass is 19.1. The Bertz CT molecular complexity index is 397. The number of halogens is 1. The van der Waals surface area contributed by atoms with Gasteiger partial charge in [-0.15, -0.1) is 0 Å². The van der Waals surface area contributed by atoms with Crippen LogP contribution in [0.4, 0.5) is 15.8 Å². The van der Waals surface area contributed by atoms with Crippen molar-refractivity contribution in [1.82, 2.24) is 0 Å². The Hall–Kier alpha value is -1.25. The van der Waals surface area contributed by atoms with Gasteiger partial charge in [-0.3, -0.25) is 0 Å². The molecule has 0 radical (unpaired) electrons. The minimum atomic E-state index is -0.171. The quantitative estimate of drug-likeness (QED) is 0.701. The summed E-state index contributed by atoms with van der Waals surface area (Å²) in [4.78, 5) is 0. The second-order valence-corrected chi connectivity index (χ2v) is 5.10. The third-order valence-corrected chi connectivity index (χ3v) is 3.95. The first kappa shape index (κ1) is 9.94. The highest BCUT2D eigenvalue weighted by Crippen LogP contribution is 2.41. The third kappa shape index (κ3) is 1.64. The van der Waals surface area contributed by atoms with Crippen LogP contribution in [0, 0.1) is 11.2 Å². The summed E-state index contributed by atoms with van der Waals surface area (Å²) in [5, 5.41) is 6.85. The van der Waals surface area contributed by atoms with Gasteiger partial charge in [0, 0.05) is 18.5 Å². The van der Waals surface area contributed by atoms with Gasteiger partial charge in [0.15, 0.2) is 0 Å². The van der Waals surface area contributed by atoms with Crippen molar-refractivity contribution >= 4 is 11.4 Å². The molecule has 2 N–H and O–H groups in total. The minimum Gasteiger partial charge on any atom is -0.383 e. The first-order valence-electron chi connectivity index (χ1n) is 6.05. The normalized spacial score (nSPS) is 22.1. The zero-order chi connectivity index (χ0) is 11.0. The molecule has 3 heteroatoms. The summed E-state index contributed by atoms with van der Waals surface area (Å²) in [7, 11) is 0. The van der Waals surface area contributed by atoms with Gasteiger partial charge in [0.1, 0.15) is 5.82 Å². The Labute approximate surface area is 95.2 Å². The number of rotatable bonds is 0. The number of nitrogens with one attached hydrogen (secondary N) is 2. The molecule has 1 aromatic rings. The van der Waals surface area contributed by atoms with Crippen molar-refractivity contribution in [2.75, 3.05) is 23.7 Å². The van der Waals surface area contributed by atoms with Crippen molar-refractivity contribution in [1.29, 1.82) is 0 Å². The molecule has 0 atom stereocenters. The summed E-state index contributed by atoms with van der Waals surface area (Å²) >= 11 is 0. The van der Waals surface area contributed by atoms with Gasteiger partial charge < -0.3 is 10.6 Å². The van der Waals surface area contributed by atoms with Gasteiger partial charge in [-0.25, -0.2) is 4.39 Å². The van der Waals surface area contributed by atoms with Crippen LogP contribution >= 0.6 is 0 Å². The SMILES string of the molecule is Fc1ccc2c(c1)NCC1(CCCC1)CN2. The molecule has 16 heavy (non-hydrogen) atoms. The Morgan fingerprint density at radius 1 is 1.00 bits per heavy atom. The lowest BCUT2D eigenvalue weighted by Crippen LogP contribution is -2.31. The van der Waals surface area contributed by atoms with Gasteiger partial charge in [0.2, 0.25) is 0 Å². The van der Waals surface area contributed by atoms with Crippen molar-refractivity contribution in [2.24, 2.45) is 5.41 Å². The van der Waals surface area contributed by atoms with Crippen LogP contribution < -0.4 is 10.6 Å². The van der Waals surface area contributed by atoms with Crippen molar-refractivity contribution in [3.63, 3.8) is 0 Å². The minimum absolute atomic E-state index is 0.171. The summed E-state index contributed by atoms with van der Waals surface area (Å²) < 4.78 is 13.1. The molecule has 2 nitrogen and oxygen atoms in total. The molecule has 1 spiro atoms. The molecule has 1 aromatic carbocycles. The van der Waals surface area contributed by atoms with Crippen LogP contribution in [-0.2, 0) is 0 Å². The largest absolute Gasteiger partial charge is 0.383 e. The smallest absolute Gasteiger partial charge is 0.125 e. The van der Waals surface area contributed by atoms with Crippen LogP contribution in [0.15, 0.2) is 18.2 Å². The number of fused-ring (bicyclic) bond motifs is 1. The molecular formula is C13H17FN2. The number of benzene rings is 1. The standard InChI is InChI=1S/C13H17FN2/c14-10-3-4-11-12(7-10)16-9-13(8-15-11)5-1-2-6-13/h3-4,7,15-16H,1-2,5-6,8-9H2. The Kier molecular flexibility index (Phi) is 2.27. The predicted octanol–water partition coefficient (Wildman–Crippen LogP) is 3.22. The lowest BCUT2D eigenvalue weighted by atomic mass is 9.86. The molecule has 1 heterocycles. The van der Waals surface area contributed by atoms with E-state index in [9.17, 15) is 4.39 Å². The molecule has 0 aromatic heterocycles. The van der Waals surface area contributed by atoms with Gasteiger partial charge in [-0.05, 0) is 31.0 Å². The maximum absolute atomic E-state index is 13.1. The highest BCUT2D eigenvalue weighted by Gasteiger charge is 2.35. The van der Waals surface area contributed by atoms with Gasteiger partial charge >= 0.3 is 0 Å². The number of hydrogen-bond donors (Lipinski definition) is 2. The van der Waals surface area contributed by atoms with Crippen molar-refractivity contribution < 1.29 is 4.39 Å². The van der Waals surface area contributed by atoms with E-state index in [2.05, 4.69) is 10.6 Å². The summed E-state index contributed by atoms with van der Waals surface area (Å²) in [5.74, 6) is -0.171. The van der Waals surface area contributed by atoms with E-state index in [1.807, 2.05) is 6.07 Å². The molecule has 1 aliphatic heterocycles. The van der Waals surface area contributed by atoms with Crippen LogP contribution in [0.1, 0.15) is 25.7 Å². The van der Waals surface area contributed by atoms with Crippen molar-refractivity contribution in [2.45, 2.75) is 25.7 Å². The molecule has 2 aliphatic rings. The molecule has 1 aliphatic carbocycles. The lowest BCUT2D eigenvalue weighted by Gasteiger charge is -2.26. The van der Waals surface area contributed by atoms with Crippen molar-refractivity contribution in [3.05, 3.63) is 24.0 Å². The first-order valence-corrected chi connectivity index (χ1v) is 6.05. The monoisotopic (exact) mass is 220 g/mol. The topological polar surface area (TPSA) is 24.1 Å². The molecule has 86 valence electrons. The average molecular weight is 220 g/mol. The molecule has 3 rings (SSSR count). The zero-order valence-corrected chi connectivity index (χ0v) is 9.35. The molecule has 0 bridgehead atoms. The molecular weight excluding hydrogens is 203 g/mol. The fraction of sp³-hybridized carbons (Fsp3) is 0.538.